The monoisotopic (exact) mass is 348 g/mol. The number of ether oxygens (including phenoxy) is 1. The van der Waals surface area contributed by atoms with Crippen LogP contribution in [0.4, 0.5) is 11.5 Å². The summed E-state index contributed by atoms with van der Waals surface area (Å²) in [5.41, 5.74) is 3.30. The number of hydrogen-bond acceptors (Lipinski definition) is 5. The molecule has 0 aliphatic rings. The summed E-state index contributed by atoms with van der Waals surface area (Å²) in [6.07, 6.45) is 0. The van der Waals surface area contributed by atoms with Gasteiger partial charge in [0.15, 0.2) is 11.5 Å². The maximum absolute atomic E-state index is 12.2. The summed E-state index contributed by atoms with van der Waals surface area (Å²) in [5, 5.41) is 14.0. The third kappa shape index (κ3) is 4.57. The lowest BCUT2D eigenvalue weighted by atomic mass is 10.1. The minimum absolute atomic E-state index is 0.257. The maximum Gasteiger partial charge on any atom is 0.272 e. The number of amides is 1. The minimum Gasteiger partial charge on any atom is -0.497 e. The largest absolute Gasteiger partial charge is 0.497 e. The quantitative estimate of drug-likeness (QED) is 0.713. The first-order chi connectivity index (χ1) is 12.6. The van der Waals surface area contributed by atoms with Gasteiger partial charge in [0.05, 0.1) is 7.11 Å². The van der Waals surface area contributed by atoms with Gasteiger partial charge in [-0.1, -0.05) is 35.9 Å². The standard InChI is InChI=1S/C20H20N4O2/c1-14-5-3-6-15(11-14)13-21-20(25)18-9-10-19(24-23-18)22-16-7-4-8-17(12-16)26-2/h3-12H,13H2,1-2H3,(H,21,25)(H,22,24). The predicted molar refractivity (Wildman–Crippen MR) is 101 cm³/mol. The lowest BCUT2D eigenvalue weighted by Gasteiger charge is -2.08. The molecule has 26 heavy (non-hydrogen) atoms. The Morgan fingerprint density at radius 3 is 2.62 bits per heavy atom. The van der Waals surface area contributed by atoms with E-state index in [0.29, 0.717) is 12.4 Å². The smallest absolute Gasteiger partial charge is 0.272 e. The van der Waals surface area contributed by atoms with Crippen molar-refractivity contribution in [1.29, 1.82) is 0 Å². The third-order valence-corrected chi connectivity index (χ3v) is 3.77. The predicted octanol–water partition coefficient (Wildman–Crippen LogP) is 3.47. The molecule has 1 heterocycles. The molecule has 1 amide bonds. The van der Waals surface area contributed by atoms with Gasteiger partial charge in [0.2, 0.25) is 0 Å². The molecule has 6 heteroatoms. The number of aryl methyl sites for hydroxylation is 1. The summed E-state index contributed by atoms with van der Waals surface area (Å²) in [5.74, 6) is 1.04. The van der Waals surface area contributed by atoms with Crippen LogP contribution in [0.5, 0.6) is 5.75 Å². The Balaban J connectivity index is 1.60. The van der Waals surface area contributed by atoms with Gasteiger partial charge in [-0.2, -0.15) is 0 Å². The van der Waals surface area contributed by atoms with Gasteiger partial charge >= 0.3 is 0 Å². The summed E-state index contributed by atoms with van der Waals surface area (Å²) in [6.45, 7) is 2.47. The molecule has 0 atom stereocenters. The molecule has 3 aromatic rings. The molecule has 2 N–H and O–H groups in total. The van der Waals surface area contributed by atoms with Crippen LogP contribution in [0, 0.1) is 6.92 Å². The fourth-order valence-electron chi connectivity index (χ4n) is 2.46. The van der Waals surface area contributed by atoms with Gasteiger partial charge in [0, 0.05) is 18.3 Å². The number of nitrogens with zero attached hydrogens (tertiary/aromatic N) is 2. The van der Waals surface area contributed by atoms with E-state index in [1.165, 1.54) is 0 Å². The van der Waals surface area contributed by atoms with Gasteiger partial charge in [-0.05, 0) is 36.8 Å². The molecule has 1 aromatic heterocycles. The molecular formula is C20H20N4O2. The van der Waals surface area contributed by atoms with E-state index in [1.807, 2.05) is 55.5 Å². The molecule has 0 saturated heterocycles. The van der Waals surface area contributed by atoms with Gasteiger partial charge in [-0.25, -0.2) is 0 Å². The first-order valence-electron chi connectivity index (χ1n) is 8.22. The zero-order valence-corrected chi connectivity index (χ0v) is 14.7. The van der Waals surface area contributed by atoms with Crippen LogP contribution < -0.4 is 15.4 Å². The molecule has 0 aliphatic heterocycles. The number of rotatable bonds is 6. The molecule has 0 saturated carbocycles. The number of methoxy groups -OCH3 is 1. The van der Waals surface area contributed by atoms with E-state index in [-0.39, 0.29) is 11.6 Å². The summed E-state index contributed by atoms with van der Waals surface area (Å²) in [4.78, 5) is 12.2. The summed E-state index contributed by atoms with van der Waals surface area (Å²) in [7, 11) is 1.61. The zero-order chi connectivity index (χ0) is 18.4. The average Bonchev–Trinajstić information content (AvgIpc) is 2.67. The number of nitrogens with one attached hydrogen (secondary N) is 2. The van der Waals surface area contributed by atoms with Crippen LogP contribution in [-0.2, 0) is 6.54 Å². The van der Waals surface area contributed by atoms with Crippen molar-refractivity contribution in [3.8, 4) is 5.75 Å². The topological polar surface area (TPSA) is 76.1 Å². The van der Waals surface area contributed by atoms with Gasteiger partial charge in [0.1, 0.15) is 5.75 Å². The lowest BCUT2D eigenvalue weighted by molar-refractivity contribution is 0.0945. The fourth-order valence-corrected chi connectivity index (χ4v) is 2.46. The molecule has 132 valence electrons. The van der Waals surface area contributed by atoms with Crippen molar-refractivity contribution < 1.29 is 9.53 Å². The van der Waals surface area contributed by atoms with E-state index in [4.69, 9.17) is 4.74 Å². The number of anilines is 2. The van der Waals surface area contributed by atoms with E-state index in [0.717, 1.165) is 22.6 Å². The Morgan fingerprint density at radius 2 is 1.88 bits per heavy atom. The first-order valence-corrected chi connectivity index (χ1v) is 8.22. The molecule has 0 unspecified atom stereocenters. The van der Waals surface area contributed by atoms with Crippen molar-refractivity contribution in [2.45, 2.75) is 13.5 Å². The third-order valence-electron chi connectivity index (χ3n) is 3.77. The SMILES string of the molecule is COc1cccc(Nc2ccc(C(=O)NCc3cccc(C)c3)nn2)c1. The molecule has 3 rings (SSSR count). The van der Waals surface area contributed by atoms with Crippen molar-refractivity contribution in [3.63, 3.8) is 0 Å². The molecule has 2 aromatic carbocycles. The Kier molecular flexibility index (Phi) is 5.43. The molecule has 0 aliphatic carbocycles. The van der Waals surface area contributed by atoms with E-state index >= 15 is 0 Å². The first kappa shape index (κ1) is 17.4. The number of hydrogen-bond donors (Lipinski definition) is 2. The zero-order valence-electron chi connectivity index (χ0n) is 14.7. The molecule has 0 spiro atoms. The average molecular weight is 348 g/mol. The molecule has 6 nitrogen and oxygen atoms in total. The van der Waals surface area contributed by atoms with Crippen molar-refractivity contribution in [2.24, 2.45) is 0 Å². The minimum atomic E-state index is -0.257. The van der Waals surface area contributed by atoms with Crippen LogP contribution in [0.25, 0.3) is 0 Å². The molecule has 0 radical (unpaired) electrons. The second-order valence-corrected chi connectivity index (χ2v) is 5.83. The Bertz CT molecular complexity index is 894. The Morgan fingerprint density at radius 1 is 1.04 bits per heavy atom. The highest BCUT2D eigenvalue weighted by atomic mass is 16.5. The second-order valence-electron chi connectivity index (χ2n) is 5.83. The van der Waals surface area contributed by atoms with E-state index < -0.39 is 0 Å². The summed E-state index contributed by atoms with van der Waals surface area (Å²) >= 11 is 0. The van der Waals surface area contributed by atoms with Crippen LogP contribution >= 0.6 is 0 Å². The van der Waals surface area contributed by atoms with E-state index in [1.54, 1.807) is 19.2 Å². The van der Waals surface area contributed by atoms with Crippen molar-refractivity contribution in [3.05, 3.63) is 77.5 Å². The Hall–Kier alpha value is -3.41. The molecule has 0 bridgehead atoms. The van der Waals surface area contributed by atoms with Gasteiger partial charge in [-0.15, -0.1) is 10.2 Å². The van der Waals surface area contributed by atoms with Crippen LogP contribution in [0.1, 0.15) is 21.6 Å². The highest BCUT2D eigenvalue weighted by Gasteiger charge is 2.08. The van der Waals surface area contributed by atoms with E-state index in [9.17, 15) is 4.79 Å². The summed E-state index contributed by atoms with van der Waals surface area (Å²) < 4.78 is 5.18. The normalized spacial score (nSPS) is 10.2. The number of carbonyl (C=O) groups is 1. The molecular weight excluding hydrogens is 328 g/mol. The van der Waals surface area contributed by atoms with Crippen LogP contribution in [0.3, 0.4) is 0 Å². The highest BCUT2D eigenvalue weighted by Crippen LogP contribution is 2.19. The molecule has 0 fully saturated rings. The van der Waals surface area contributed by atoms with Gasteiger partial charge in [0.25, 0.3) is 5.91 Å². The maximum atomic E-state index is 12.2. The van der Waals surface area contributed by atoms with Crippen LogP contribution in [0.15, 0.2) is 60.7 Å². The van der Waals surface area contributed by atoms with Crippen molar-refractivity contribution >= 4 is 17.4 Å². The summed E-state index contributed by atoms with van der Waals surface area (Å²) in [6, 6.07) is 18.8. The van der Waals surface area contributed by atoms with Crippen molar-refractivity contribution in [2.75, 3.05) is 12.4 Å². The fraction of sp³-hybridized carbons (Fsp3) is 0.150. The van der Waals surface area contributed by atoms with Crippen LogP contribution in [0.2, 0.25) is 0 Å². The van der Waals surface area contributed by atoms with Crippen molar-refractivity contribution in [1.82, 2.24) is 15.5 Å². The highest BCUT2D eigenvalue weighted by molar-refractivity contribution is 5.92. The number of aromatic nitrogens is 2. The number of carbonyl (C=O) groups excluding carboxylic acids is 1. The Labute approximate surface area is 152 Å². The number of benzene rings is 2. The lowest BCUT2D eigenvalue weighted by Crippen LogP contribution is -2.24. The van der Waals surface area contributed by atoms with Gasteiger partial charge < -0.3 is 15.4 Å². The van der Waals surface area contributed by atoms with E-state index in [2.05, 4.69) is 20.8 Å². The van der Waals surface area contributed by atoms with Gasteiger partial charge in [-0.3, -0.25) is 4.79 Å². The van der Waals surface area contributed by atoms with Crippen LogP contribution in [-0.4, -0.2) is 23.2 Å². The second kappa shape index (κ2) is 8.11.